The van der Waals surface area contributed by atoms with Gasteiger partial charge < -0.3 is 21.1 Å². The number of hydrogen-bond donors (Lipinski definition) is 3. The lowest BCUT2D eigenvalue weighted by atomic mass is 10.1. The van der Waals surface area contributed by atoms with Gasteiger partial charge in [-0.05, 0) is 6.92 Å². The van der Waals surface area contributed by atoms with Gasteiger partial charge in [0.1, 0.15) is 6.04 Å². The molecule has 8 heteroatoms. The van der Waals surface area contributed by atoms with Gasteiger partial charge in [-0.15, -0.1) is 0 Å². The summed E-state index contributed by atoms with van der Waals surface area (Å²) >= 11 is 0. The van der Waals surface area contributed by atoms with Crippen molar-refractivity contribution in [2.45, 2.75) is 25.8 Å². The quantitative estimate of drug-likeness (QED) is 0.530. The largest absolute Gasteiger partial charge is 0.480 e. The van der Waals surface area contributed by atoms with Crippen molar-refractivity contribution >= 4 is 23.7 Å². The number of nitrogens with one attached hydrogen (secondary N) is 1. The second-order valence-corrected chi connectivity index (χ2v) is 4.40. The Morgan fingerprint density at radius 1 is 1.53 bits per heavy atom. The van der Waals surface area contributed by atoms with Crippen molar-refractivity contribution in [3.05, 3.63) is 0 Å². The van der Waals surface area contributed by atoms with Crippen LogP contribution >= 0.6 is 0 Å². The van der Waals surface area contributed by atoms with Gasteiger partial charge in [-0.1, -0.05) is 0 Å². The van der Waals surface area contributed by atoms with Gasteiger partial charge in [-0.3, -0.25) is 14.4 Å². The smallest absolute Gasteiger partial charge is 0.326 e. The van der Waals surface area contributed by atoms with Crippen LogP contribution in [0.4, 0.5) is 0 Å². The van der Waals surface area contributed by atoms with Crippen LogP contribution in [0, 0.1) is 5.92 Å². The molecule has 0 bridgehead atoms. The molecular weight excluding hydrogens is 254 g/mol. The Labute approximate surface area is 109 Å². The molecule has 1 rings (SSSR count). The summed E-state index contributed by atoms with van der Waals surface area (Å²) in [7, 11) is 0. The Morgan fingerprint density at radius 3 is 2.58 bits per heavy atom. The van der Waals surface area contributed by atoms with E-state index >= 15 is 0 Å². The highest BCUT2D eigenvalue weighted by atomic mass is 16.4. The van der Waals surface area contributed by atoms with Gasteiger partial charge in [-0.2, -0.15) is 0 Å². The SMILES string of the molecule is CCN1CC(C(=O)NC(CC(N)=O)C(=O)O)CC1=O. The molecule has 0 saturated carbocycles. The molecule has 8 nitrogen and oxygen atoms in total. The molecule has 0 radical (unpaired) electrons. The third-order valence-corrected chi connectivity index (χ3v) is 2.99. The Morgan fingerprint density at radius 2 is 2.16 bits per heavy atom. The van der Waals surface area contributed by atoms with Crippen molar-refractivity contribution in [2.75, 3.05) is 13.1 Å². The first-order valence-electron chi connectivity index (χ1n) is 5.94. The number of amides is 3. The predicted molar refractivity (Wildman–Crippen MR) is 63.7 cm³/mol. The van der Waals surface area contributed by atoms with Crippen LogP contribution in [0.25, 0.3) is 0 Å². The van der Waals surface area contributed by atoms with E-state index in [0.717, 1.165) is 0 Å². The highest BCUT2D eigenvalue weighted by Gasteiger charge is 2.35. The van der Waals surface area contributed by atoms with Crippen molar-refractivity contribution in [3.8, 4) is 0 Å². The lowest BCUT2D eigenvalue weighted by Gasteiger charge is -2.16. The average Bonchev–Trinajstić information content (AvgIpc) is 2.69. The van der Waals surface area contributed by atoms with Crippen LogP contribution < -0.4 is 11.1 Å². The van der Waals surface area contributed by atoms with E-state index in [2.05, 4.69) is 5.32 Å². The van der Waals surface area contributed by atoms with E-state index in [-0.39, 0.29) is 18.9 Å². The molecule has 0 aromatic carbocycles. The summed E-state index contributed by atoms with van der Waals surface area (Å²) in [6.45, 7) is 2.57. The highest BCUT2D eigenvalue weighted by molar-refractivity contribution is 5.92. The minimum absolute atomic E-state index is 0.0581. The standard InChI is InChI=1S/C11H17N3O5/c1-2-14-5-6(3-9(14)16)10(17)13-7(11(18)19)4-8(12)15/h6-7H,2-5H2,1H3,(H2,12,15)(H,13,17)(H,18,19). The van der Waals surface area contributed by atoms with Crippen LogP contribution in [-0.4, -0.2) is 52.8 Å². The number of carbonyl (C=O) groups excluding carboxylic acids is 3. The van der Waals surface area contributed by atoms with Crippen LogP contribution in [0.2, 0.25) is 0 Å². The maximum atomic E-state index is 11.8. The van der Waals surface area contributed by atoms with E-state index in [0.29, 0.717) is 6.54 Å². The first kappa shape index (κ1) is 14.9. The van der Waals surface area contributed by atoms with Crippen molar-refractivity contribution in [1.82, 2.24) is 10.2 Å². The van der Waals surface area contributed by atoms with Crippen molar-refractivity contribution in [2.24, 2.45) is 11.7 Å². The van der Waals surface area contributed by atoms with Crippen molar-refractivity contribution < 1.29 is 24.3 Å². The third-order valence-electron chi connectivity index (χ3n) is 2.99. The first-order valence-corrected chi connectivity index (χ1v) is 5.94. The van der Waals surface area contributed by atoms with Gasteiger partial charge in [0.05, 0.1) is 12.3 Å². The lowest BCUT2D eigenvalue weighted by Crippen LogP contribution is -2.46. The molecule has 19 heavy (non-hydrogen) atoms. The van der Waals surface area contributed by atoms with Gasteiger partial charge in [0.25, 0.3) is 0 Å². The number of nitrogens with two attached hydrogens (primary N) is 1. The molecule has 1 saturated heterocycles. The molecule has 4 N–H and O–H groups in total. The molecule has 1 heterocycles. The van der Waals surface area contributed by atoms with Gasteiger partial charge >= 0.3 is 5.97 Å². The molecule has 3 amide bonds. The zero-order valence-electron chi connectivity index (χ0n) is 10.6. The minimum atomic E-state index is -1.35. The molecule has 0 aliphatic carbocycles. The number of carbonyl (C=O) groups is 4. The number of hydrogen-bond acceptors (Lipinski definition) is 4. The number of carboxylic acid groups (broad SMARTS) is 1. The topological polar surface area (TPSA) is 130 Å². The summed E-state index contributed by atoms with van der Waals surface area (Å²) in [4.78, 5) is 46.4. The number of primary amides is 1. The highest BCUT2D eigenvalue weighted by Crippen LogP contribution is 2.17. The zero-order chi connectivity index (χ0) is 14.6. The molecule has 0 aromatic heterocycles. The first-order chi connectivity index (χ1) is 8.85. The van der Waals surface area contributed by atoms with Crippen molar-refractivity contribution in [1.29, 1.82) is 0 Å². The molecule has 1 aliphatic heterocycles. The number of rotatable bonds is 6. The fourth-order valence-electron chi connectivity index (χ4n) is 1.94. The van der Waals surface area contributed by atoms with E-state index in [9.17, 15) is 19.2 Å². The van der Waals surface area contributed by atoms with Gasteiger partial charge in [0, 0.05) is 19.5 Å². The maximum Gasteiger partial charge on any atom is 0.326 e. The third kappa shape index (κ3) is 3.94. The molecule has 1 fully saturated rings. The minimum Gasteiger partial charge on any atom is -0.480 e. The van der Waals surface area contributed by atoms with E-state index in [1.807, 2.05) is 0 Å². The monoisotopic (exact) mass is 271 g/mol. The molecule has 2 atom stereocenters. The van der Waals surface area contributed by atoms with Crippen LogP contribution in [0.5, 0.6) is 0 Å². The molecule has 0 spiro atoms. The van der Waals surface area contributed by atoms with Crippen LogP contribution in [-0.2, 0) is 19.2 Å². The summed E-state index contributed by atoms with van der Waals surface area (Å²) in [5, 5.41) is 11.1. The summed E-state index contributed by atoms with van der Waals surface area (Å²) in [5.74, 6) is -3.40. The van der Waals surface area contributed by atoms with Crippen LogP contribution in [0.3, 0.4) is 0 Å². The molecular formula is C11H17N3O5. The number of nitrogens with zero attached hydrogens (tertiary/aromatic N) is 1. The predicted octanol–water partition coefficient (Wildman–Crippen LogP) is -1.70. The number of likely N-dealkylation sites (tertiary alicyclic amines) is 1. The van der Waals surface area contributed by atoms with Crippen LogP contribution in [0.15, 0.2) is 0 Å². The lowest BCUT2D eigenvalue weighted by molar-refractivity contribution is -0.143. The van der Waals surface area contributed by atoms with Gasteiger partial charge in [0.15, 0.2) is 0 Å². The molecule has 2 unspecified atom stereocenters. The second-order valence-electron chi connectivity index (χ2n) is 4.40. The number of aliphatic carboxylic acids is 1. The fraction of sp³-hybridized carbons (Fsp3) is 0.636. The van der Waals surface area contributed by atoms with E-state index in [4.69, 9.17) is 10.8 Å². The Hall–Kier alpha value is -2.12. The summed E-state index contributed by atoms with van der Waals surface area (Å²) in [5.41, 5.74) is 4.91. The van der Waals surface area contributed by atoms with Gasteiger partial charge in [-0.25, -0.2) is 4.79 Å². The van der Waals surface area contributed by atoms with E-state index in [1.165, 1.54) is 4.90 Å². The Kier molecular flexibility index (Phi) is 4.85. The van der Waals surface area contributed by atoms with Gasteiger partial charge in [0.2, 0.25) is 17.7 Å². The molecule has 0 aromatic rings. The normalized spacial score (nSPS) is 20.2. The molecule has 1 aliphatic rings. The fourth-order valence-corrected chi connectivity index (χ4v) is 1.94. The average molecular weight is 271 g/mol. The summed E-state index contributed by atoms with van der Waals surface area (Å²) < 4.78 is 0. The maximum absolute atomic E-state index is 11.8. The summed E-state index contributed by atoms with van der Waals surface area (Å²) in [6, 6.07) is -1.35. The van der Waals surface area contributed by atoms with E-state index < -0.39 is 36.2 Å². The summed E-state index contributed by atoms with van der Waals surface area (Å²) in [6.07, 6.45) is -0.415. The van der Waals surface area contributed by atoms with Crippen molar-refractivity contribution in [3.63, 3.8) is 0 Å². The Balaban J connectivity index is 2.61. The van der Waals surface area contributed by atoms with E-state index in [1.54, 1.807) is 6.92 Å². The zero-order valence-corrected chi connectivity index (χ0v) is 10.6. The number of carboxylic acids is 1. The Bertz CT molecular complexity index is 409. The molecule has 106 valence electrons. The second kappa shape index (κ2) is 6.17. The van der Waals surface area contributed by atoms with Crippen LogP contribution in [0.1, 0.15) is 19.8 Å².